The van der Waals surface area contributed by atoms with Gasteiger partial charge in [-0.2, -0.15) is 0 Å². The van der Waals surface area contributed by atoms with E-state index in [2.05, 4.69) is 0 Å². The Labute approximate surface area is 47.5 Å². The highest BCUT2D eigenvalue weighted by Crippen LogP contribution is 1.82. The van der Waals surface area contributed by atoms with Gasteiger partial charge in [-0.05, 0) is 6.92 Å². The molecule has 0 aromatic rings. The topological polar surface area (TPSA) is 89.3 Å². The van der Waals surface area contributed by atoms with Gasteiger partial charge in [-0.25, -0.2) is 0 Å². The Bertz CT molecular complexity index is 92.0. The molecule has 0 aliphatic heterocycles. The second-order valence-corrected chi connectivity index (χ2v) is 1.72. The molecule has 0 amide bonds. The quantitative estimate of drug-likeness (QED) is 0.422. The summed E-state index contributed by atoms with van der Waals surface area (Å²) in [5.74, 6) is -1.06. The van der Waals surface area contributed by atoms with Crippen molar-refractivity contribution in [3.63, 3.8) is 0 Å². The Morgan fingerprint density at radius 1 is 1.62 bits per heavy atom. The van der Waals surface area contributed by atoms with Crippen LogP contribution in [0.25, 0.3) is 0 Å². The molecule has 0 fully saturated rings. The number of carboxylic acid groups (broad SMARTS) is 1. The van der Waals surface area contributed by atoms with Crippen LogP contribution < -0.4 is 11.5 Å². The van der Waals surface area contributed by atoms with Crippen molar-refractivity contribution in [3.8, 4) is 0 Å². The summed E-state index contributed by atoms with van der Waals surface area (Å²) in [7, 11) is 0. The van der Waals surface area contributed by atoms with Gasteiger partial charge in [0.1, 0.15) is 6.04 Å². The maximum absolute atomic E-state index is 9.94. The third-order valence-corrected chi connectivity index (χ3v) is 0.852. The highest BCUT2D eigenvalue weighted by Gasteiger charge is 2.14. The summed E-state index contributed by atoms with van der Waals surface area (Å²) in [6.45, 7) is 1.55. The van der Waals surface area contributed by atoms with Gasteiger partial charge in [0.05, 0.1) is 0 Å². The monoisotopic (exact) mass is 118 g/mol. The van der Waals surface area contributed by atoms with Crippen molar-refractivity contribution in [3.05, 3.63) is 0 Å². The Morgan fingerprint density at radius 2 is 2.00 bits per heavy atom. The SMILES string of the molecule is CC(N)C(N)C(=O)O. The minimum atomic E-state index is -1.06. The number of hydrogen-bond donors (Lipinski definition) is 3. The molecule has 0 saturated carbocycles. The maximum atomic E-state index is 9.94. The molecular weight excluding hydrogens is 108 g/mol. The average Bonchev–Trinajstić information content (AvgIpc) is 1.64. The van der Waals surface area contributed by atoms with Crippen LogP contribution in [0.5, 0.6) is 0 Å². The van der Waals surface area contributed by atoms with Crippen LogP contribution in [0.4, 0.5) is 0 Å². The summed E-state index contributed by atoms with van der Waals surface area (Å²) in [6.07, 6.45) is 0. The number of rotatable bonds is 2. The molecule has 0 aromatic heterocycles. The van der Waals surface area contributed by atoms with Gasteiger partial charge in [0.2, 0.25) is 0 Å². The van der Waals surface area contributed by atoms with Gasteiger partial charge in [0.25, 0.3) is 0 Å². The molecule has 0 saturated heterocycles. The largest absolute Gasteiger partial charge is 0.480 e. The average molecular weight is 118 g/mol. The third kappa shape index (κ3) is 1.90. The zero-order valence-electron chi connectivity index (χ0n) is 4.66. The number of carboxylic acids is 1. The van der Waals surface area contributed by atoms with Crippen molar-refractivity contribution in [1.82, 2.24) is 0 Å². The van der Waals surface area contributed by atoms with Gasteiger partial charge in [-0.1, -0.05) is 0 Å². The van der Waals surface area contributed by atoms with Crippen molar-refractivity contribution in [1.29, 1.82) is 0 Å². The fraction of sp³-hybridized carbons (Fsp3) is 0.750. The zero-order valence-corrected chi connectivity index (χ0v) is 4.66. The summed E-state index contributed by atoms with van der Waals surface area (Å²) >= 11 is 0. The molecule has 5 N–H and O–H groups in total. The second kappa shape index (κ2) is 2.64. The molecule has 2 unspecified atom stereocenters. The first-order valence-corrected chi connectivity index (χ1v) is 2.29. The van der Waals surface area contributed by atoms with Gasteiger partial charge < -0.3 is 16.6 Å². The minimum absolute atomic E-state index is 0.479. The highest BCUT2D eigenvalue weighted by atomic mass is 16.4. The van der Waals surface area contributed by atoms with E-state index in [4.69, 9.17) is 16.6 Å². The molecule has 0 aliphatic rings. The molecule has 0 aromatic carbocycles. The molecule has 0 bridgehead atoms. The van der Waals surface area contributed by atoms with E-state index in [1.54, 1.807) is 6.92 Å². The van der Waals surface area contributed by atoms with Crippen molar-refractivity contribution in [2.75, 3.05) is 0 Å². The van der Waals surface area contributed by atoms with Gasteiger partial charge in [-0.15, -0.1) is 0 Å². The highest BCUT2D eigenvalue weighted by molar-refractivity contribution is 5.73. The predicted molar refractivity (Wildman–Crippen MR) is 29.3 cm³/mol. The van der Waals surface area contributed by atoms with Crippen LogP contribution in [0.15, 0.2) is 0 Å². The lowest BCUT2D eigenvalue weighted by molar-refractivity contribution is -0.138. The van der Waals surface area contributed by atoms with E-state index in [-0.39, 0.29) is 0 Å². The minimum Gasteiger partial charge on any atom is -0.480 e. The van der Waals surface area contributed by atoms with Crippen molar-refractivity contribution in [2.24, 2.45) is 11.5 Å². The van der Waals surface area contributed by atoms with E-state index in [0.29, 0.717) is 0 Å². The smallest absolute Gasteiger partial charge is 0.322 e. The first-order valence-electron chi connectivity index (χ1n) is 2.29. The van der Waals surface area contributed by atoms with Crippen molar-refractivity contribution >= 4 is 5.97 Å². The lowest BCUT2D eigenvalue weighted by Crippen LogP contribution is -2.44. The molecule has 8 heavy (non-hydrogen) atoms. The van der Waals surface area contributed by atoms with Gasteiger partial charge in [-0.3, -0.25) is 4.79 Å². The van der Waals surface area contributed by atoms with Crippen LogP contribution in [0.1, 0.15) is 6.92 Å². The Morgan fingerprint density at radius 3 is 2.00 bits per heavy atom. The fourth-order valence-electron chi connectivity index (χ4n) is 0.225. The Hall–Kier alpha value is -0.610. The predicted octanol–water partition coefficient (Wildman–Crippen LogP) is -1.25. The van der Waals surface area contributed by atoms with Crippen molar-refractivity contribution in [2.45, 2.75) is 19.0 Å². The number of carbonyl (C=O) groups is 1. The molecular formula is C4H10N2O2. The maximum Gasteiger partial charge on any atom is 0.322 e. The van der Waals surface area contributed by atoms with E-state index < -0.39 is 18.1 Å². The summed E-state index contributed by atoms with van der Waals surface area (Å²) < 4.78 is 0. The zero-order chi connectivity index (χ0) is 6.73. The molecule has 2 atom stereocenters. The summed E-state index contributed by atoms with van der Waals surface area (Å²) in [5, 5.41) is 8.15. The van der Waals surface area contributed by atoms with Gasteiger partial charge in [0.15, 0.2) is 0 Å². The molecule has 0 spiro atoms. The normalized spacial score (nSPS) is 17.4. The van der Waals surface area contributed by atoms with E-state index in [1.807, 2.05) is 0 Å². The van der Waals surface area contributed by atoms with Crippen molar-refractivity contribution < 1.29 is 9.90 Å². The fourth-order valence-corrected chi connectivity index (χ4v) is 0.225. The summed E-state index contributed by atoms with van der Waals surface area (Å²) in [6, 6.07) is -1.41. The first-order chi connectivity index (χ1) is 3.55. The van der Waals surface area contributed by atoms with E-state index in [1.165, 1.54) is 0 Å². The molecule has 4 heteroatoms. The number of nitrogens with two attached hydrogens (primary N) is 2. The van der Waals surface area contributed by atoms with Crippen LogP contribution in [0.2, 0.25) is 0 Å². The third-order valence-electron chi connectivity index (χ3n) is 0.852. The Kier molecular flexibility index (Phi) is 2.44. The van der Waals surface area contributed by atoms with Gasteiger partial charge in [0, 0.05) is 6.04 Å². The summed E-state index contributed by atoms with van der Waals surface area (Å²) in [4.78, 5) is 9.94. The lowest BCUT2D eigenvalue weighted by Gasteiger charge is -2.08. The molecule has 48 valence electrons. The Balaban J connectivity index is 3.64. The lowest BCUT2D eigenvalue weighted by atomic mass is 10.2. The number of aliphatic carboxylic acids is 1. The molecule has 4 nitrogen and oxygen atoms in total. The molecule has 0 rings (SSSR count). The van der Waals surface area contributed by atoms with Crippen LogP contribution in [0.3, 0.4) is 0 Å². The van der Waals surface area contributed by atoms with Crippen LogP contribution >= 0.6 is 0 Å². The van der Waals surface area contributed by atoms with Gasteiger partial charge >= 0.3 is 5.97 Å². The first kappa shape index (κ1) is 7.39. The molecule has 0 aliphatic carbocycles. The number of hydrogen-bond acceptors (Lipinski definition) is 3. The second-order valence-electron chi connectivity index (χ2n) is 1.72. The van der Waals surface area contributed by atoms with Crippen LogP contribution in [-0.4, -0.2) is 23.2 Å². The van der Waals surface area contributed by atoms with E-state index in [0.717, 1.165) is 0 Å². The molecule has 0 radical (unpaired) electrons. The van der Waals surface area contributed by atoms with E-state index >= 15 is 0 Å². The summed E-state index contributed by atoms with van der Waals surface area (Å²) in [5.41, 5.74) is 10.2. The van der Waals surface area contributed by atoms with Crippen LogP contribution in [0, 0.1) is 0 Å². The molecule has 0 heterocycles. The standard InChI is InChI=1S/C4H10N2O2/c1-2(5)3(6)4(7)8/h2-3H,5-6H2,1H3,(H,7,8). The van der Waals surface area contributed by atoms with E-state index in [9.17, 15) is 4.79 Å². The van der Waals surface area contributed by atoms with Crippen LogP contribution in [-0.2, 0) is 4.79 Å².